The minimum atomic E-state index is -0.799. The van der Waals surface area contributed by atoms with Crippen LogP contribution in [0.5, 0.6) is 0 Å². The molecule has 0 aliphatic carbocycles. The minimum Gasteiger partial charge on any atom is -0.462 e. The lowest BCUT2D eigenvalue weighted by atomic mass is 10.0. The molecule has 0 amide bonds. The highest BCUT2D eigenvalue weighted by atomic mass is 16.6. The molecule has 0 N–H and O–H groups in total. The third-order valence-electron chi connectivity index (χ3n) is 15.1. The van der Waals surface area contributed by atoms with Crippen molar-refractivity contribution in [2.45, 2.75) is 354 Å². The van der Waals surface area contributed by atoms with Crippen molar-refractivity contribution in [2.75, 3.05) is 13.2 Å². The lowest BCUT2D eigenvalue weighted by Crippen LogP contribution is -2.30. The summed E-state index contributed by atoms with van der Waals surface area (Å²) in [5, 5.41) is 0. The maximum atomic E-state index is 12.9. The molecular formula is C74H130O6. The molecule has 462 valence electrons. The molecule has 0 aliphatic heterocycles. The average Bonchev–Trinajstić information content (AvgIpc) is 3.46. The van der Waals surface area contributed by atoms with Crippen molar-refractivity contribution in [3.8, 4) is 0 Å². The Hall–Kier alpha value is -3.41. The van der Waals surface area contributed by atoms with Crippen molar-refractivity contribution in [3.05, 3.63) is 85.1 Å². The molecule has 0 saturated carbocycles. The van der Waals surface area contributed by atoms with Gasteiger partial charge in [0.1, 0.15) is 13.2 Å². The van der Waals surface area contributed by atoms with E-state index in [9.17, 15) is 14.4 Å². The fourth-order valence-electron chi connectivity index (χ4n) is 9.97. The first-order chi connectivity index (χ1) is 39.5. The van der Waals surface area contributed by atoms with Crippen molar-refractivity contribution in [2.24, 2.45) is 0 Å². The number of hydrogen-bond acceptors (Lipinski definition) is 6. The Morgan fingerprint density at radius 2 is 0.487 bits per heavy atom. The molecule has 0 fully saturated rings. The summed E-state index contributed by atoms with van der Waals surface area (Å²) in [6.07, 6.45) is 90.4. The van der Waals surface area contributed by atoms with E-state index in [1.165, 1.54) is 199 Å². The molecule has 0 aromatic rings. The van der Waals surface area contributed by atoms with Crippen LogP contribution in [0.2, 0.25) is 0 Å². The number of carbonyl (C=O) groups is 3. The van der Waals surface area contributed by atoms with E-state index in [2.05, 4.69) is 106 Å². The Morgan fingerprint density at radius 1 is 0.263 bits per heavy atom. The highest BCUT2D eigenvalue weighted by Crippen LogP contribution is 2.18. The van der Waals surface area contributed by atoms with Crippen molar-refractivity contribution in [1.29, 1.82) is 0 Å². The Bertz CT molecular complexity index is 1520. The summed E-state index contributed by atoms with van der Waals surface area (Å²) in [6.45, 7) is 6.52. The predicted octanol–water partition coefficient (Wildman–Crippen LogP) is 23.8. The van der Waals surface area contributed by atoms with Gasteiger partial charge >= 0.3 is 17.9 Å². The van der Waals surface area contributed by atoms with Gasteiger partial charge in [0, 0.05) is 19.3 Å². The quantitative estimate of drug-likeness (QED) is 0.0261. The van der Waals surface area contributed by atoms with Gasteiger partial charge in [-0.25, -0.2) is 0 Å². The molecule has 1 unspecified atom stereocenters. The Kier molecular flexibility index (Phi) is 65.2. The molecule has 0 spiro atoms. The third-order valence-corrected chi connectivity index (χ3v) is 15.1. The van der Waals surface area contributed by atoms with Gasteiger partial charge < -0.3 is 14.2 Å². The zero-order valence-corrected chi connectivity index (χ0v) is 53.1. The molecule has 0 saturated heterocycles. The van der Waals surface area contributed by atoms with Crippen LogP contribution >= 0.6 is 0 Å². The molecule has 0 aromatic heterocycles. The second-order valence-corrected chi connectivity index (χ2v) is 23.1. The molecule has 0 rings (SSSR count). The maximum Gasteiger partial charge on any atom is 0.306 e. The standard InChI is InChI=1S/C74H130O6/c1-4-7-10-13-16-19-22-25-28-31-33-34-35-36-37-38-39-41-43-46-49-52-55-58-61-64-67-73(76)79-70-71(69-78-72(75)66-63-60-57-54-51-48-45-42-30-27-24-21-18-15-12-9-6-3)80-74(77)68-65-62-59-56-53-50-47-44-40-32-29-26-23-20-17-14-11-8-5-2/h8,11,17-18,20-21,26-27,29-30,40,44,50,53,71H,4-7,9-10,12-16,19,22-25,28,31-39,41-43,45-49,51-52,54-70H2,1-3H3/b11-8-,20-17-,21-18-,29-26-,30-27-,44-40-,53-50-. The summed E-state index contributed by atoms with van der Waals surface area (Å²) in [6, 6.07) is 0. The minimum absolute atomic E-state index is 0.0899. The maximum absolute atomic E-state index is 12.9. The van der Waals surface area contributed by atoms with Crippen LogP contribution < -0.4 is 0 Å². The fourth-order valence-corrected chi connectivity index (χ4v) is 9.97. The van der Waals surface area contributed by atoms with E-state index in [1.807, 2.05) is 0 Å². The number of ether oxygens (including phenoxy) is 3. The van der Waals surface area contributed by atoms with E-state index in [0.29, 0.717) is 12.8 Å². The largest absolute Gasteiger partial charge is 0.462 e. The van der Waals surface area contributed by atoms with Crippen LogP contribution in [0.25, 0.3) is 0 Å². The topological polar surface area (TPSA) is 78.9 Å². The van der Waals surface area contributed by atoms with E-state index in [4.69, 9.17) is 14.2 Å². The first-order valence-electron chi connectivity index (χ1n) is 34.6. The molecule has 1 atom stereocenters. The monoisotopic (exact) mass is 1110 g/mol. The average molecular weight is 1120 g/mol. The summed E-state index contributed by atoms with van der Waals surface area (Å²) in [4.78, 5) is 38.4. The lowest BCUT2D eigenvalue weighted by molar-refractivity contribution is -0.167. The van der Waals surface area contributed by atoms with E-state index in [-0.39, 0.29) is 37.5 Å². The van der Waals surface area contributed by atoms with Gasteiger partial charge in [-0.2, -0.15) is 0 Å². The summed E-state index contributed by atoms with van der Waals surface area (Å²) in [5.74, 6) is -0.913. The summed E-state index contributed by atoms with van der Waals surface area (Å²) >= 11 is 0. The SMILES string of the molecule is CC/C=C\C/C=C\C/C=C\C/C=C\C/C=C\CCCCCC(=O)OC(COC(=O)CCCCCCCCC/C=C\C/C=C\CCCCC)COC(=O)CCCCCCCCCCCCCCCCCCCCCCCCCCCC. The van der Waals surface area contributed by atoms with Gasteiger partial charge in [0.2, 0.25) is 0 Å². The zero-order valence-electron chi connectivity index (χ0n) is 53.1. The van der Waals surface area contributed by atoms with Gasteiger partial charge in [0.25, 0.3) is 0 Å². The van der Waals surface area contributed by atoms with Crippen LogP contribution in [0.15, 0.2) is 85.1 Å². The number of carbonyl (C=O) groups excluding carboxylic acids is 3. The number of unbranched alkanes of at least 4 members (excludes halogenated alkanes) is 38. The van der Waals surface area contributed by atoms with E-state index in [1.54, 1.807) is 0 Å². The predicted molar refractivity (Wildman–Crippen MR) is 348 cm³/mol. The highest BCUT2D eigenvalue weighted by Gasteiger charge is 2.19. The Morgan fingerprint density at radius 3 is 0.800 bits per heavy atom. The second-order valence-electron chi connectivity index (χ2n) is 23.1. The number of esters is 3. The number of hydrogen-bond donors (Lipinski definition) is 0. The van der Waals surface area contributed by atoms with Crippen LogP contribution in [0.3, 0.4) is 0 Å². The molecule has 6 nitrogen and oxygen atoms in total. The van der Waals surface area contributed by atoms with Gasteiger partial charge in [-0.1, -0.05) is 318 Å². The van der Waals surface area contributed by atoms with E-state index < -0.39 is 6.10 Å². The van der Waals surface area contributed by atoms with Gasteiger partial charge in [0.05, 0.1) is 0 Å². The van der Waals surface area contributed by atoms with Crippen molar-refractivity contribution < 1.29 is 28.6 Å². The molecule has 0 radical (unpaired) electrons. The molecule has 0 aliphatic rings. The molecule has 80 heavy (non-hydrogen) atoms. The lowest BCUT2D eigenvalue weighted by Gasteiger charge is -2.18. The van der Waals surface area contributed by atoms with E-state index in [0.717, 1.165) is 109 Å². The number of rotatable bonds is 63. The molecule has 0 aromatic carbocycles. The summed E-state index contributed by atoms with van der Waals surface area (Å²) < 4.78 is 16.9. The fraction of sp³-hybridized carbons (Fsp3) is 0.770. The van der Waals surface area contributed by atoms with Gasteiger partial charge in [-0.05, 0) is 96.3 Å². The zero-order chi connectivity index (χ0) is 57.8. The van der Waals surface area contributed by atoms with E-state index >= 15 is 0 Å². The van der Waals surface area contributed by atoms with Crippen LogP contribution in [-0.4, -0.2) is 37.2 Å². The molecule has 0 bridgehead atoms. The molecule has 0 heterocycles. The third kappa shape index (κ3) is 65.4. The second kappa shape index (κ2) is 68.1. The summed E-state index contributed by atoms with van der Waals surface area (Å²) in [5.41, 5.74) is 0. The van der Waals surface area contributed by atoms with Crippen molar-refractivity contribution in [1.82, 2.24) is 0 Å². The van der Waals surface area contributed by atoms with Crippen LogP contribution in [0, 0.1) is 0 Å². The normalized spacial score (nSPS) is 12.6. The Labute approximate surface area is 496 Å². The van der Waals surface area contributed by atoms with Crippen molar-refractivity contribution in [3.63, 3.8) is 0 Å². The molecular weight excluding hydrogens is 985 g/mol. The first kappa shape index (κ1) is 76.6. The smallest absolute Gasteiger partial charge is 0.306 e. The number of allylic oxidation sites excluding steroid dienone is 14. The first-order valence-corrected chi connectivity index (χ1v) is 34.6. The van der Waals surface area contributed by atoms with Crippen molar-refractivity contribution >= 4 is 17.9 Å². The van der Waals surface area contributed by atoms with Crippen LogP contribution in [0.1, 0.15) is 348 Å². The van der Waals surface area contributed by atoms with Crippen LogP contribution in [0.4, 0.5) is 0 Å². The Balaban J connectivity index is 4.35. The summed E-state index contributed by atoms with van der Waals surface area (Å²) in [7, 11) is 0. The van der Waals surface area contributed by atoms with Gasteiger partial charge in [-0.15, -0.1) is 0 Å². The van der Waals surface area contributed by atoms with Gasteiger partial charge in [0.15, 0.2) is 6.10 Å². The van der Waals surface area contributed by atoms with Crippen LogP contribution in [-0.2, 0) is 28.6 Å². The van der Waals surface area contributed by atoms with Gasteiger partial charge in [-0.3, -0.25) is 14.4 Å². The highest BCUT2D eigenvalue weighted by molar-refractivity contribution is 5.71. The molecule has 6 heteroatoms.